The van der Waals surface area contributed by atoms with Gasteiger partial charge in [-0.1, -0.05) is 39.5 Å². The van der Waals surface area contributed by atoms with Crippen LogP contribution in [0.3, 0.4) is 0 Å². The van der Waals surface area contributed by atoms with Gasteiger partial charge in [-0.15, -0.1) is 11.8 Å². The Hall–Kier alpha value is -0.160. The Labute approximate surface area is 104 Å². The van der Waals surface area contributed by atoms with Gasteiger partial charge in [0.2, 0.25) is 0 Å². The van der Waals surface area contributed by atoms with Gasteiger partial charge in [0.1, 0.15) is 4.75 Å². The van der Waals surface area contributed by atoms with Crippen LogP contribution in [0.15, 0.2) is 0 Å². The third kappa shape index (κ3) is 2.40. The molecule has 16 heavy (non-hydrogen) atoms. The van der Waals surface area contributed by atoms with Crippen LogP contribution in [0.4, 0.5) is 0 Å². The first kappa shape index (κ1) is 12.3. The molecule has 2 heteroatoms. The first-order valence-corrected chi connectivity index (χ1v) is 7.57. The van der Waals surface area contributed by atoms with Crippen molar-refractivity contribution in [2.75, 3.05) is 0 Å². The van der Waals surface area contributed by atoms with Gasteiger partial charge in [-0.2, -0.15) is 5.26 Å². The van der Waals surface area contributed by atoms with Crippen molar-refractivity contribution >= 4 is 11.8 Å². The Bertz CT molecular complexity index is 274. The quantitative estimate of drug-likeness (QED) is 0.705. The minimum atomic E-state index is -0.0293. The number of hydrogen-bond acceptors (Lipinski definition) is 2. The molecule has 0 radical (unpaired) electrons. The van der Waals surface area contributed by atoms with Crippen LogP contribution >= 0.6 is 11.8 Å². The van der Waals surface area contributed by atoms with E-state index in [4.69, 9.17) is 0 Å². The van der Waals surface area contributed by atoms with Crippen molar-refractivity contribution in [3.63, 3.8) is 0 Å². The van der Waals surface area contributed by atoms with Crippen molar-refractivity contribution in [2.24, 2.45) is 5.41 Å². The first-order chi connectivity index (χ1) is 7.60. The fraction of sp³-hybridized carbons (Fsp3) is 0.929. The number of rotatable bonds is 2. The van der Waals surface area contributed by atoms with E-state index in [0.717, 1.165) is 0 Å². The van der Waals surface area contributed by atoms with E-state index in [1.807, 2.05) is 11.8 Å². The molecule has 90 valence electrons. The fourth-order valence-electron chi connectivity index (χ4n) is 3.63. The second kappa shape index (κ2) is 4.61. The first-order valence-electron chi connectivity index (χ1n) is 6.69. The fourth-order valence-corrected chi connectivity index (χ4v) is 5.37. The van der Waals surface area contributed by atoms with Gasteiger partial charge < -0.3 is 0 Å². The average molecular weight is 237 g/mol. The molecule has 0 aromatic rings. The second-order valence-corrected chi connectivity index (χ2v) is 8.00. The highest BCUT2D eigenvalue weighted by molar-refractivity contribution is 8.01. The maximum atomic E-state index is 9.40. The van der Waals surface area contributed by atoms with Crippen LogP contribution in [0.25, 0.3) is 0 Å². The van der Waals surface area contributed by atoms with Gasteiger partial charge in [0.05, 0.1) is 6.07 Å². The normalized spacial score (nSPS) is 27.1. The summed E-state index contributed by atoms with van der Waals surface area (Å²) in [4.78, 5) is 0. The Balaban J connectivity index is 1.97. The molecule has 0 N–H and O–H groups in total. The van der Waals surface area contributed by atoms with Crippen molar-refractivity contribution in [1.29, 1.82) is 5.26 Å². The van der Waals surface area contributed by atoms with Gasteiger partial charge in [0.15, 0.2) is 0 Å². The topological polar surface area (TPSA) is 23.8 Å². The summed E-state index contributed by atoms with van der Waals surface area (Å²) in [5.74, 6) is 0. The van der Waals surface area contributed by atoms with Crippen molar-refractivity contribution in [3.05, 3.63) is 0 Å². The minimum Gasteiger partial charge on any atom is -0.197 e. The molecule has 0 atom stereocenters. The summed E-state index contributed by atoms with van der Waals surface area (Å²) >= 11 is 1.90. The van der Waals surface area contributed by atoms with Crippen molar-refractivity contribution in [3.8, 4) is 6.07 Å². The lowest BCUT2D eigenvalue weighted by Crippen LogP contribution is -2.49. The summed E-state index contributed by atoms with van der Waals surface area (Å²) in [6.07, 6.45) is 10.7. The molecule has 0 aromatic carbocycles. The van der Waals surface area contributed by atoms with Crippen LogP contribution in [-0.2, 0) is 0 Å². The lowest BCUT2D eigenvalue weighted by Gasteiger charge is -2.53. The molecule has 0 unspecified atom stereocenters. The van der Waals surface area contributed by atoms with E-state index < -0.39 is 0 Å². The van der Waals surface area contributed by atoms with Crippen molar-refractivity contribution in [1.82, 2.24) is 0 Å². The molecule has 1 nitrogen and oxygen atoms in total. The van der Waals surface area contributed by atoms with E-state index in [2.05, 4.69) is 19.9 Å². The van der Waals surface area contributed by atoms with Gasteiger partial charge in [0, 0.05) is 5.25 Å². The zero-order valence-corrected chi connectivity index (χ0v) is 11.4. The highest BCUT2D eigenvalue weighted by atomic mass is 32.2. The summed E-state index contributed by atoms with van der Waals surface area (Å²) in [5, 5.41) is 9.98. The Morgan fingerprint density at radius 3 is 2.06 bits per heavy atom. The van der Waals surface area contributed by atoms with Crippen molar-refractivity contribution in [2.45, 2.75) is 75.2 Å². The molecule has 0 heterocycles. The highest BCUT2D eigenvalue weighted by Crippen LogP contribution is 2.61. The van der Waals surface area contributed by atoms with Gasteiger partial charge in [-0.3, -0.25) is 0 Å². The lowest BCUT2D eigenvalue weighted by atomic mass is 9.58. The van der Waals surface area contributed by atoms with Crippen LogP contribution < -0.4 is 0 Å². The summed E-state index contributed by atoms with van der Waals surface area (Å²) in [5.41, 5.74) is 0.564. The van der Waals surface area contributed by atoms with Crippen LogP contribution in [0.2, 0.25) is 0 Å². The van der Waals surface area contributed by atoms with E-state index >= 15 is 0 Å². The number of hydrogen-bond donors (Lipinski definition) is 0. The van der Waals surface area contributed by atoms with Crippen molar-refractivity contribution < 1.29 is 0 Å². The van der Waals surface area contributed by atoms with E-state index in [0.29, 0.717) is 10.7 Å². The molecule has 2 aliphatic rings. The summed E-state index contributed by atoms with van der Waals surface area (Å²) in [7, 11) is 0. The summed E-state index contributed by atoms with van der Waals surface area (Å²) < 4.78 is -0.0293. The molecule has 0 aliphatic heterocycles. The molecule has 2 aliphatic carbocycles. The zero-order chi connectivity index (χ0) is 11.6. The Kier molecular flexibility index (Phi) is 3.54. The molecular formula is C14H23NS. The largest absolute Gasteiger partial charge is 0.197 e. The predicted octanol–water partition coefficient (Wildman–Crippen LogP) is 4.52. The molecule has 0 bridgehead atoms. The molecule has 2 rings (SSSR count). The Morgan fingerprint density at radius 1 is 1.06 bits per heavy atom. The van der Waals surface area contributed by atoms with Crippen LogP contribution in [-0.4, -0.2) is 10.00 Å². The van der Waals surface area contributed by atoms with E-state index in [1.54, 1.807) is 0 Å². The number of nitriles is 1. The SMILES string of the molecule is CC(C)SC1(C#N)CC2(CCCCCC2)C1. The third-order valence-corrected chi connectivity index (χ3v) is 5.45. The molecule has 0 saturated heterocycles. The van der Waals surface area contributed by atoms with E-state index in [9.17, 15) is 5.26 Å². The smallest absolute Gasteiger partial charge is 0.104 e. The second-order valence-electron chi connectivity index (χ2n) is 6.04. The highest BCUT2D eigenvalue weighted by Gasteiger charge is 2.54. The monoisotopic (exact) mass is 237 g/mol. The van der Waals surface area contributed by atoms with E-state index in [1.165, 1.54) is 51.4 Å². The lowest BCUT2D eigenvalue weighted by molar-refractivity contribution is 0.0880. The molecule has 2 saturated carbocycles. The van der Waals surface area contributed by atoms with Gasteiger partial charge in [0.25, 0.3) is 0 Å². The Morgan fingerprint density at radius 2 is 1.62 bits per heavy atom. The average Bonchev–Trinajstić information content (AvgIpc) is 2.41. The van der Waals surface area contributed by atoms with Crippen LogP contribution in [0, 0.1) is 16.7 Å². The van der Waals surface area contributed by atoms with Crippen LogP contribution in [0.5, 0.6) is 0 Å². The number of thioether (sulfide) groups is 1. The molecule has 0 aromatic heterocycles. The maximum absolute atomic E-state index is 9.40. The van der Waals surface area contributed by atoms with Gasteiger partial charge in [-0.25, -0.2) is 0 Å². The summed E-state index contributed by atoms with van der Waals surface area (Å²) in [6.45, 7) is 4.42. The standard InChI is InChI=1S/C14H23NS/c1-12(2)16-14(11-15)9-13(10-14)7-5-3-4-6-8-13/h12H,3-10H2,1-2H3. The van der Waals surface area contributed by atoms with E-state index in [-0.39, 0.29) is 4.75 Å². The molecule has 2 fully saturated rings. The van der Waals surface area contributed by atoms with Gasteiger partial charge in [-0.05, 0) is 31.1 Å². The minimum absolute atomic E-state index is 0.0293. The van der Waals surface area contributed by atoms with Gasteiger partial charge >= 0.3 is 0 Å². The summed E-state index contributed by atoms with van der Waals surface area (Å²) in [6, 6.07) is 2.60. The number of nitrogens with zero attached hydrogens (tertiary/aromatic N) is 1. The third-order valence-electron chi connectivity index (χ3n) is 4.15. The maximum Gasteiger partial charge on any atom is 0.104 e. The zero-order valence-electron chi connectivity index (χ0n) is 10.6. The molecular weight excluding hydrogens is 214 g/mol. The molecule has 1 spiro atoms. The predicted molar refractivity (Wildman–Crippen MR) is 70.4 cm³/mol. The van der Waals surface area contributed by atoms with Crippen LogP contribution in [0.1, 0.15) is 65.2 Å². The molecule has 0 amide bonds.